The molecular weight excluding hydrogens is 1090 g/mol. The number of hydrogen-bond acceptors (Lipinski definition) is 13. The van der Waals surface area contributed by atoms with Gasteiger partial charge in [-0.25, -0.2) is 33.7 Å². The molecule has 17 nitrogen and oxygen atoms in total. The summed E-state index contributed by atoms with van der Waals surface area (Å²) in [4.78, 5) is 6.63. The monoisotopic (exact) mass is 1150 g/mol. The number of nitrogens with one attached hydrogen (secondary N) is 6. The number of benzene rings is 8. The summed E-state index contributed by atoms with van der Waals surface area (Å²) in [6.07, 6.45) is 1.88. The second-order valence-electron chi connectivity index (χ2n) is 18.7. The van der Waals surface area contributed by atoms with Gasteiger partial charge in [0.15, 0.2) is 0 Å². The van der Waals surface area contributed by atoms with Crippen LogP contribution < -0.4 is 44.2 Å². The molecule has 10 rings (SSSR count). The minimum absolute atomic E-state index is 0. The molecule has 2 heterocycles. The van der Waals surface area contributed by atoms with Crippen LogP contribution in [0.15, 0.2) is 196 Å². The Morgan fingerprint density at radius 2 is 0.808 bits per heavy atom. The minimum Gasteiger partial charge on any atom is -0.377 e. The molecule has 2 saturated heterocycles. The Morgan fingerprint density at radius 1 is 0.397 bits per heavy atom. The molecule has 0 bridgehead atoms. The summed E-state index contributed by atoms with van der Waals surface area (Å²) in [5.74, 6) is 0. The van der Waals surface area contributed by atoms with Crippen LogP contribution in [-0.2, 0) is 40.1 Å². The summed E-state index contributed by atoms with van der Waals surface area (Å²) in [6, 6.07) is 49.2. The third-order valence-electron chi connectivity index (χ3n) is 13.2. The summed E-state index contributed by atoms with van der Waals surface area (Å²) in [6.45, 7) is 6.53. The molecule has 0 spiro atoms. The highest BCUT2D eigenvalue weighted by Crippen LogP contribution is 2.36. The Hall–Kier alpha value is -7.11. The van der Waals surface area contributed by atoms with Gasteiger partial charge in [-0.2, -0.15) is 0 Å². The zero-order chi connectivity index (χ0) is 54.2. The van der Waals surface area contributed by atoms with E-state index >= 15 is 0 Å². The van der Waals surface area contributed by atoms with Gasteiger partial charge in [0.05, 0.1) is 42.3 Å². The fourth-order valence-electron chi connectivity index (χ4n) is 9.34. The van der Waals surface area contributed by atoms with Crippen molar-refractivity contribution in [3.63, 3.8) is 0 Å². The predicted molar refractivity (Wildman–Crippen MR) is 318 cm³/mol. The molecular formula is C56H62ClN9O8S4. The smallest absolute Gasteiger partial charge is 0.262 e. The Morgan fingerprint density at radius 3 is 1.32 bits per heavy atom. The number of anilines is 7. The zero-order valence-corrected chi connectivity index (χ0v) is 47.0. The summed E-state index contributed by atoms with van der Waals surface area (Å²) in [5, 5.41) is 9.45. The Labute approximate surface area is 463 Å². The number of nitrogens with zero attached hydrogens (tertiary/aromatic N) is 3. The third kappa shape index (κ3) is 13.4. The number of rotatable bonds is 15. The molecule has 22 heteroatoms. The first-order valence-electron chi connectivity index (χ1n) is 25.1. The molecule has 0 aromatic heterocycles. The number of fused-ring (bicyclic) bond motifs is 2. The maximum absolute atomic E-state index is 13.8. The van der Waals surface area contributed by atoms with Gasteiger partial charge in [0.1, 0.15) is 0 Å². The molecule has 0 amide bonds. The molecule has 410 valence electrons. The summed E-state index contributed by atoms with van der Waals surface area (Å²) < 4.78 is 118. The lowest BCUT2D eigenvalue weighted by atomic mass is 10.1. The van der Waals surface area contributed by atoms with E-state index in [1.54, 1.807) is 97.1 Å². The fourth-order valence-corrected chi connectivity index (χ4v) is 14.1. The molecule has 2 aliphatic heterocycles. The van der Waals surface area contributed by atoms with Gasteiger partial charge in [-0.15, -0.1) is 12.4 Å². The summed E-state index contributed by atoms with van der Waals surface area (Å²) >= 11 is 0. The lowest BCUT2D eigenvalue weighted by molar-refractivity contribution is 0.599. The predicted octanol–water partition coefficient (Wildman–Crippen LogP) is 8.97. The molecule has 0 saturated carbocycles. The SMILES string of the molecule is CN(C)c1cccc2c(S(=O)(=O)Nc3ccc(N4CCCNCC4)cc3NS(=O)(=O)c3ccccc3)cccc12.Cl.O=S(=O)(Nc1cc(N2CCCNCC2)ccc1NS(=O)(=O)c1cccc2ccccc12)c1ccccc1. The van der Waals surface area contributed by atoms with Crippen LogP contribution in [0.5, 0.6) is 0 Å². The van der Waals surface area contributed by atoms with Gasteiger partial charge >= 0.3 is 0 Å². The van der Waals surface area contributed by atoms with Gasteiger partial charge < -0.3 is 25.3 Å². The third-order valence-corrected chi connectivity index (χ3v) is 18.8. The highest BCUT2D eigenvalue weighted by molar-refractivity contribution is 7.94. The second-order valence-corrected chi connectivity index (χ2v) is 25.4. The van der Waals surface area contributed by atoms with E-state index in [0.717, 1.165) is 93.0 Å². The van der Waals surface area contributed by atoms with Crippen molar-refractivity contribution < 1.29 is 33.7 Å². The molecule has 0 radical (unpaired) electrons. The average molecular weight is 1150 g/mol. The molecule has 78 heavy (non-hydrogen) atoms. The van der Waals surface area contributed by atoms with Crippen LogP contribution in [-0.4, -0.2) is 100 Å². The molecule has 8 aromatic carbocycles. The van der Waals surface area contributed by atoms with Gasteiger partial charge in [-0.1, -0.05) is 97.1 Å². The maximum Gasteiger partial charge on any atom is 0.262 e. The zero-order valence-electron chi connectivity index (χ0n) is 43.0. The molecule has 2 fully saturated rings. The van der Waals surface area contributed by atoms with E-state index in [2.05, 4.69) is 39.3 Å². The van der Waals surface area contributed by atoms with Crippen LogP contribution in [0.25, 0.3) is 21.5 Å². The molecule has 0 aliphatic carbocycles. The van der Waals surface area contributed by atoms with Crippen molar-refractivity contribution in [2.75, 3.05) is 100 Å². The van der Waals surface area contributed by atoms with Crippen LogP contribution in [0.1, 0.15) is 12.8 Å². The van der Waals surface area contributed by atoms with Gasteiger partial charge in [0.25, 0.3) is 40.1 Å². The maximum atomic E-state index is 13.8. The van der Waals surface area contributed by atoms with E-state index in [9.17, 15) is 33.7 Å². The molecule has 0 unspecified atom stereocenters. The average Bonchev–Trinajstić information content (AvgIpc) is 3.92. The molecule has 2 aliphatic rings. The highest BCUT2D eigenvalue weighted by Gasteiger charge is 2.26. The van der Waals surface area contributed by atoms with Crippen molar-refractivity contribution >= 4 is 114 Å². The largest absolute Gasteiger partial charge is 0.377 e. The van der Waals surface area contributed by atoms with Gasteiger partial charge in [-0.3, -0.25) is 18.9 Å². The van der Waals surface area contributed by atoms with E-state index in [1.165, 1.54) is 30.3 Å². The fraction of sp³-hybridized carbons (Fsp3) is 0.214. The Balaban J connectivity index is 0.000000204. The van der Waals surface area contributed by atoms with Crippen LogP contribution >= 0.6 is 12.4 Å². The van der Waals surface area contributed by atoms with Crippen molar-refractivity contribution in [2.24, 2.45) is 0 Å². The topological polar surface area (TPSA) is 218 Å². The van der Waals surface area contributed by atoms with Crippen molar-refractivity contribution in [3.05, 3.63) is 176 Å². The van der Waals surface area contributed by atoms with E-state index in [0.29, 0.717) is 10.8 Å². The van der Waals surface area contributed by atoms with Gasteiger partial charge in [0, 0.05) is 86.6 Å². The van der Waals surface area contributed by atoms with E-state index in [-0.39, 0.29) is 54.7 Å². The minimum atomic E-state index is -4.10. The van der Waals surface area contributed by atoms with E-state index in [1.807, 2.05) is 67.5 Å². The molecule has 6 N–H and O–H groups in total. The van der Waals surface area contributed by atoms with Crippen molar-refractivity contribution in [3.8, 4) is 0 Å². The van der Waals surface area contributed by atoms with Gasteiger partial charge in [-0.05, 0) is 110 Å². The van der Waals surface area contributed by atoms with Crippen LogP contribution in [0.3, 0.4) is 0 Å². The number of sulfonamides is 4. The summed E-state index contributed by atoms with van der Waals surface area (Å²) in [7, 11) is -12.3. The highest BCUT2D eigenvalue weighted by atomic mass is 35.5. The van der Waals surface area contributed by atoms with Crippen molar-refractivity contribution in [2.45, 2.75) is 32.4 Å². The van der Waals surface area contributed by atoms with E-state index < -0.39 is 40.1 Å². The van der Waals surface area contributed by atoms with E-state index in [4.69, 9.17) is 0 Å². The quantitative estimate of drug-likeness (QED) is 0.0566. The first-order chi connectivity index (χ1) is 37.0. The normalized spacial score (nSPS) is 14.4. The first kappa shape index (κ1) is 57.1. The van der Waals surface area contributed by atoms with Crippen LogP contribution in [0, 0.1) is 0 Å². The van der Waals surface area contributed by atoms with Crippen LogP contribution in [0.2, 0.25) is 0 Å². The lowest BCUT2D eigenvalue weighted by Crippen LogP contribution is -2.28. The second kappa shape index (κ2) is 24.7. The standard InChI is InChI=1S/C29H33N5O4S2.C27H28N4O4S2.ClH/c1-33(2)28-13-6-12-25-24(28)11-7-14-29(25)40(37,38)31-26-16-15-22(34-19-8-17-30-18-20-34)21-27(26)32-39(35,36)23-9-4-3-5-10-23;32-36(33,23-10-2-1-3-11-23)30-26-20-22(31-18-7-16-28-17-19-31)14-15-25(26)29-37(34,35)27-13-6-9-21-8-4-5-12-24(21)27;/h3-7,9-16,21,30-32H,8,17-20H2,1-2H3;1-6,8-15,20,28-30H,7,16-19H2;1H. The van der Waals surface area contributed by atoms with Crippen molar-refractivity contribution in [1.82, 2.24) is 10.6 Å². The van der Waals surface area contributed by atoms with Gasteiger partial charge in [0.2, 0.25) is 0 Å². The number of hydrogen-bond donors (Lipinski definition) is 6. The molecule has 8 aromatic rings. The Bertz CT molecular complexity index is 3840. The number of halogens is 1. The Kier molecular flexibility index (Phi) is 18.1. The summed E-state index contributed by atoms with van der Waals surface area (Å²) in [5.41, 5.74) is 3.09. The van der Waals surface area contributed by atoms with Crippen LogP contribution in [0.4, 0.5) is 39.8 Å². The first-order valence-corrected chi connectivity index (χ1v) is 31.0. The molecule has 0 atom stereocenters. The van der Waals surface area contributed by atoms with Crippen molar-refractivity contribution in [1.29, 1.82) is 0 Å². The lowest BCUT2D eigenvalue weighted by Gasteiger charge is -2.24.